The first-order valence-corrected chi connectivity index (χ1v) is 6.63. The van der Waals surface area contributed by atoms with Gasteiger partial charge in [0.2, 0.25) is 6.79 Å². The summed E-state index contributed by atoms with van der Waals surface area (Å²) < 4.78 is 10.6. The Bertz CT molecular complexity index is 524. The Morgan fingerprint density at radius 2 is 1.55 bits per heavy atom. The van der Waals surface area contributed by atoms with Crippen molar-refractivity contribution in [1.29, 1.82) is 0 Å². The van der Waals surface area contributed by atoms with Gasteiger partial charge in [-0.05, 0) is 45.4 Å². The zero-order chi connectivity index (χ0) is 14.7. The molecule has 20 heavy (non-hydrogen) atoms. The highest BCUT2D eigenvalue weighted by molar-refractivity contribution is 5.45. The van der Waals surface area contributed by atoms with Crippen molar-refractivity contribution < 1.29 is 19.9 Å². The van der Waals surface area contributed by atoms with Crippen molar-refractivity contribution in [2.45, 2.75) is 44.9 Å². The van der Waals surface area contributed by atoms with E-state index in [-0.39, 0.29) is 6.79 Å². The molecule has 1 saturated heterocycles. The molecule has 1 aromatic carbocycles. The summed E-state index contributed by atoms with van der Waals surface area (Å²) in [6.45, 7) is 7.77. The molecule has 6 nitrogen and oxygen atoms in total. The molecule has 0 bridgehead atoms. The topological polar surface area (TPSA) is 65.4 Å². The fraction of sp³-hybridized carbons (Fsp3) is 0.571. The minimum Gasteiger partial charge on any atom is -0.454 e. The molecule has 1 aromatic rings. The second-order valence-electron chi connectivity index (χ2n) is 6.29. The van der Waals surface area contributed by atoms with Crippen molar-refractivity contribution >= 4 is 0 Å². The van der Waals surface area contributed by atoms with E-state index in [0.29, 0.717) is 11.5 Å². The quantitative estimate of drug-likeness (QED) is 0.823. The predicted molar refractivity (Wildman–Crippen MR) is 70.7 cm³/mol. The third-order valence-electron chi connectivity index (χ3n) is 4.80. The van der Waals surface area contributed by atoms with Crippen LogP contribution in [0, 0.1) is 0 Å². The molecule has 2 aliphatic heterocycles. The molecule has 2 aliphatic rings. The molecular formula is C14H20N2O4. The molecule has 110 valence electrons. The number of ether oxygens (including phenoxy) is 2. The Kier molecular flexibility index (Phi) is 2.78. The van der Waals surface area contributed by atoms with Crippen LogP contribution in [0.25, 0.3) is 0 Å². The standard InChI is InChI=1S/C14H20N2O4/c1-13(2)14(3,4)16(18)12(15(13)17)9-5-6-10-11(7-9)20-8-19-10/h5-7,12,17-18H,8H2,1-4H3. The minimum atomic E-state index is -0.644. The number of hydrogen-bond acceptors (Lipinski definition) is 6. The molecule has 0 aromatic heterocycles. The molecule has 3 rings (SSSR count). The summed E-state index contributed by atoms with van der Waals surface area (Å²) in [6.07, 6.45) is -0.644. The Morgan fingerprint density at radius 3 is 2.15 bits per heavy atom. The van der Waals surface area contributed by atoms with Crippen molar-refractivity contribution in [2.24, 2.45) is 0 Å². The van der Waals surface area contributed by atoms with Crippen LogP contribution in [0.5, 0.6) is 11.5 Å². The van der Waals surface area contributed by atoms with Gasteiger partial charge in [-0.1, -0.05) is 6.07 Å². The normalized spacial score (nSPS) is 25.3. The van der Waals surface area contributed by atoms with Crippen molar-refractivity contribution in [3.05, 3.63) is 23.8 Å². The van der Waals surface area contributed by atoms with E-state index in [1.165, 1.54) is 10.1 Å². The number of benzene rings is 1. The maximum absolute atomic E-state index is 10.5. The van der Waals surface area contributed by atoms with Crippen LogP contribution in [0.3, 0.4) is 0 Å². The van der Waals surface area contributed by atoms with E-state index in [1.54, 1.807) is 12.1 Å². The second-order valence-corrected chi connectivity index (χ2v) is 6.29. The zero-order valence-corrected chi connectivity index (χ0v) is 12.1. The SMILES string of the molecule is CC1(C)N(O)C(c2ccc3c(c2)OCO3)N(O)C1(C)C. The van der Waals surface area contributed by atoms with E-state index in [9.17, 15) is 10.4 Å². The van der Waals surface area contributed by atoms with Crippen LogP contribution in [-0.2, 0) is 0 Å². The predicted octanol–water partition coefficient (Wildman–Crippen LogP) is 2.37. The molecule has 0 saturated carbocycles. The first-order chi connectivity index (χ1) is 9.26. The van der Waals surface area contributed by atoms with Gasteiger partial charge in [-0.25, -0.2) is 0 Å². The number of hydrogen-bond donors (Lipinski definition) is 2. The summed E-state index contributed by atoms with van der Waals surface area (Å²) in [5.74, 6) is 1.31. The summed E-state index contributed by atoms with van der Waals surface area (Å²) in [4.78, 5) is 0. The summed E-state index contributed by atoms with van der Waals surface area (Å²) in [5, 5.41) is 23.3. The average molecular weight is 280 g/mol. The molecule has 0 aliphatic carbocycles. The van der Waals surface area contributed by atoms with Gasteiger partial charge in [0.1, 0.15) is 6.17 Å². The lowest BCUT2D eigenvalue weighted by molar-refractivity contribution is -0.223. The minimum absolute atomic E-state index is 0.201. The smallest absolute Gasteiger partial charge is 0.231 e. The lowest BCUT2D eigenvalue weighted by Crippen LogP contribution is -2.52. The maximum atomic E-state index is 10.5. The van der Waals surface area contributed by atoms with Crippen LogP contribution in [0.2, 0.25) is 0 Å². The third-order valence-corrected chi connectivity index (χ3v) is 4.80. The second kappa shape index (κ2) is 4.08. The zero-order valence-electron chi connectivity index (χ0n) is 12.1. The van der Waals surface area contributed by atoms with E-state index < -0.39 is 17.2 Å². The third kappa shape index (κ3) is 1.59. The van der Waals surface area contributed by atoms with Crippen molar-refractivity contribution in [3.8, 4) is 11.5 Å². The molecular weight excluding hydrogens is 260 g/mol. The van der Waals surface area contributed by atoms with E-state index in [1.807, 2.05) is 33.8 Å². The molecule has 1 fully saturated rings. The monoisotopic (exact) mass is 280 g/mol. The van der Waals surface area contributed by atoms with Gasteiger partial charge in [0.15, 0.2) is 11.5 Å². The number of nitrogens with zero attached hydrogens (tertiary/aromatic N) is 2. The van der Waals surface area contributed by atoms with Gasteiger partial charge in [-0.3, -0.25) is 0 Å². The van der Waals surface area contributed by atoms with Crippen LogP contribution >= 0.6 is 0 Å². The van der Waals surface area contributed by atoms with Gasteiger partial charge in [0, 0.05) is 0 Å². The lowest BCUT2D eigenvalue weighted by atomic mass is 9.84. The summed E-state index contributed by atoms with van der Waals surface area (Å²) in [6, 6.07) is 5.40. The van der Waals surface area contributed by atoms with Crippen molar-refractivity contribution in [1.82, 2.24) is 10.1 Å². The van der Waals surface area contributed by atoms with Crippen LogP contribution in [0.1, 0.15) is 39.4 Å². The van der Waals surface area contributed by atoms with Crippen LogP contribution < -0.4 is 9.47 Å². The molecule has 2 N–H and O–H groups in total. The fourth-order valence-electron chi connectivity index (χ4n) is 2.63. The van der Waals surface area contributed by atoms with Crippen LogP contribution in [-0.4, -0.2) is 38.4 Å². The van der Waals surface area contributed by atoms with Crippen molar-refractivity contribution in [2.75, 3.05) is 6.79 Å². The fourth-order valence-corrected chi connectivity index (χ4v) is 2.63. The molecule has 0 amide bonds. The van der Waals surface area contributed by atoms with E-state index in [4.69, 9.17) is 9.47 Å². The lowest BCUT2D eigenvalue weighted by Gasteiger charge is -2.37. The molecule has 0 radical (unpaired) electrons. The number of fused-ring (bicyclic) bond motifs is 1. The van der Waals surface area contributed by atoms with Gasteiger partial charge < -0.3 is 19.9 Å². The first kappa shape index (κ1) is 13.6. The molecule has 0 atom stereocenters. The van der Waals surface area contributed by atoms with E-state index in [0.717, 1.165) is 5.56 Å². The Hall–Kier alpha value is -1.34. The Balaban J connectivity index is 2.02. The van der Waals surface area contributed by atoms with E-state index >= 15 is 0 Å². The number of hydroxylamine groups is 4. The molecule has 6 heteroatoms. The van der Waals surface area contributed by atoms with Gasteiger partial charge in [-0.2, -0.15) is 10.1 Å². The number of rotatable bonds is 1. The van der Waals surface area contributed by atoms with Gasteiger partial charge in [0.25, 0.3) is 0 Å². The molecule has 2 heterocycles. The molecule has 0 unspecified atom stereocenters. The van der Waals surface area contributed by atoms with Gasteiger partial charge >= 0.3 is 0 Å². The van der Waals surface area contributed by atoms with Gasteiger partial charge in [0.05, 0.1) is 11.1 Å². The first-order valence-electron chi connectivity index (χ1n) is 6.63. The highest BCUT2D eigenvalue weighted by Gasteiger charge is 2.58. The Labute approximate surface area is 118 Å². The van der Waals surface area contributed by atoms with Crippen molar-refractivity contribution in [3.63, 3.8) is 0 Å². The highest BCUT2D eigenvalue weighted by Crippen LogP contribution is 2.48. The summed E-state index contributed by atoms with van der Waals surface area (Å²) in [5.41, 5.74) is -0.469. The maximum Gasteiger partial charge on any atom is 0.231 e. The Morgan fingerprint density at radius 1 is 1.00 bits per heavy atom. The summed E-state index contributed by atoms with van der Waals surface area (Å²) >= 11 is 0. The highest BCUT2D eigenvalue weighted by atomic mass is 16.7. The van der Waals surface area contributed by atoms with E-state index in [2.05, 4.69) is 0 Å². The largest absolute Gasteiger partial charge is 0.454 e. The van der Waals surface area contributed by atoms with Crippen LogP contribution in [0.15, 0.2) is 18.2 Å². The van der Waals surface area contributed by atoms with Gasteiger partial charge in [-0.15, -0.1) is 0 Å². The summed E-state index contributed by atoms with van der Waals surface area (Å²) in [7, 11) is 0. The van der Waals surface area contributed by atoms with Crippen LogP contribution in [0.4, 0.5) is 0 Å². The average Bonchev–Trinajstić information content (AvgIpc) is 2.89. The molecule has 0 spiro atoms.